The van der Waals surface area contributed by atoms with Gasteiger partial charge in [0, 0.05) is 19.1 Å². The minimum atomic E-state index is 0.0485. The molecular weight excluding hydrogens is 212 g/mol. The van der Waals surface area contributed by atoms with E-state index in [-0.39, 0.29) is 12.1 Å². The van der Waals surface area contributed by atoms with Crippen molar-refractivity contribution in [2.75, 3.05) is 0 Å². The summed E-state index contributed by atoms with van der Waals surface area (Å²) in [7, 11) is 1.99. The highest BCUT2D eigenvalue weighted by Crippen LogP contribution is 2.21. The van der Waals surface area contributed by atoms with Gasteiger partial charge in [0.1, 0.15) is 0 Å². The molecule has 0 radical (unpaired) electrons. The fraction of sp³-hybridized carbons (Fsp3) is 0.462. The van der Waals surface area contributed by atoms with Gasteiger partial charge in [0.05, 0.1) is 17.4 Å². The fourth-order valence-corrected chi connectivity index (χ4v) is 1.99. The summed E-state index contributed by atoms with van der Waals surface area (Å²) >= 11 is 0. The molecule has 0 amide bonds. The molecule has 0 aliphatic heterocycles. The summed E-state index contributed by atoms with van der Waals surface area (Å²) in [5.74, 6) is 0. The van der Waals surface area contributed by atoms with Crippen LogP contribution in [-0.4, -0.2) is 15.6 Å². The maximum Gasteiger partial charge on any atom is 0.0955 e. The van der Waals surface area contributed by atoms with Gasteiger partial charge in [0.25, 0.3) is 0 Å². The van der Waals surface area contributed by atoms with Crippen molar-refractivity contribution in [2.45, 2.75) is 31.8 Å². The first-order valence-corrected chi connectivity index (χ1v) is 6.00. The van der Waals surface area contributed by atoms with E-state index in [1.807, 2.05) is 24.9 Å². The van der Waals surface area contributed by atoms with Crippen molar-refractivity contribution in [1.29, 1.82) is 0 Å². The molecule has 2 aromatic rings. The third kappa shape index (κ3) is 2.65. The SMILES string of the molecule is CC(N)CCC(N)c1ccc2c(c1)ncn2C. The van der Waals surface area contributed by atoms with Gasteiger partial charge in [0.15, 0.2) is 0 Å². The lowest BCUT2D eigenvalue weighted by Crippen LogP contribution is -2.18. The minimum Gasteiger partial charge on any atom is -0.334 e. The van der Waals surface area contributed by atoms with Crippen molar-refractivity contribution in [3.05, 3.63) is 30.1 Å². The van der Waals surface area contributed by atoms with E-state index in [1.165, 1.54) is 0 Å². The van der Waals surface area contributed by atoms with Crippen LogP contribution in [0.15, 0.2) is 24.5 Å². The Labute approximate surface area is 102 Å². The Hall–Kier alpha value is -1.39. The molecule has 92 valence electrons. The monoisotopic (exact) mass is 232 g/mol. The number of hydrogen-bond donors (Lipinski definition) is 2. The van der Waals surface area contributed by atoms with Crippen LogP contribution in [-0.2, 0) is 7.05 Å². The third-order valence-electron chi connectivity index (χ3n) is 3.11. The van der Waals surface area contributed by atoms with Crippen LogP contribution in [0.2, 0.25) is 0 Å². The first-order chi connectivity index (χ1) is 8.08. The Morgan fingerprint density at radius 2 is 2.06 bits per heavy atom. The van der Waals surface area contributed by atoms with Crippen molar-refractivity contribution >= 4 is 11.0 Å². The predicted molar refractivity (Wildman–Crippen MR) is 70.5 cm³/mol. The number of imidazole rings is 1. The zero-order valence-corrected chi connectivity index (χ0v) is 10.4. The average molecular weight is 232 g/mol. The summed E-state index contributed by atoms with van der Waals surface area (Å²) in [6.45, 7) is 2.01. The number of hydrogen-bond acceptors (Lipinski definition) is 3. The number of rotatable bonds is 4. The van der Waals surface area contributed by atoms with Gasteiger partial charge < -0.3 is 16.0 Å². The molecule has 4 N–H and O–H groups in total. The average Bonchev–Trinajstić information content (AvgIpc) is 2.67. The molecule has 0 aliphatic carbocycles. The number of nitrogens with zero attached hydrogens (tertiary/aromatic N) is 2. The summed E-state index contributed by atoms with van der Waals surface area (Å²) in [4.78, 5) is 4.34. The second-order valence-electron chi connectivity index (χ2n) is 4.76. The molecule has 2 unspecified atom stereocenters. The third-order valence-corrected chi connectivity index (χ3v) is 3.11. The zero-order chi connectivity index (χ0) is 12.4. The Morgan fingerprint density at radius 3 is 2.76 bits per heavy atom. The van der Waals surface area contributed by atoms with Crippen LogP contribution in [0.5, 0.6) is 0 Å². The lowest BCUT2D eigenvalue weighted by molar-refractivity contribution is 0.555. The number of aryl methyl sites for hydroxylation is 1. The standard InChI is InChI=1S/C13H20N4/c1-9(14)3-5-11(15)10-4-6-13-12(7-10)16-8-17(13)2/h4,6-9,11H,3,5,14-15H2,1-2H3. The van der Waals surface area contributed by atoms with Crippen molar-refractivity contribution in [1.82, 2.24) is 9.55 Å². The number of fused-ring (bicyclic) bond motifs is 1. The lowest BCUT2D eigenvalue weighted by atomic mass is 10.0. The number of aromatic nitrogens is 2. The molecule has 0 spiro atoms. The molecular formula is C13H20N4. The molecule has 0 aliphatic rings. The molecule has 0 fully saturated rings. The highest BCUT2D eigenvalue weighted by atomic mass is 15.0. The zero-order valence-electron chi connectivity index (χ0n) is 10.4. The maximum atomic E-state index is 6.15. The van der Waals surface area contributed by atoms with Crippen LogP contribution in [0.4, 0.5) is 0 Å². The van der Waals surface area contributed by atoms with Gasteiger partial charge in [-0.15, -0.1) is 0 Å². The quantitative estimate of drug-likeness (QED) is 0.843. The Balaban J connectivity index is 2.18. The first kappa shape index (κ1) is 12.1. The van der Waals surface area contributed by atoms with Crippen molar-refractivity contribution in [3.8, 4) is 0 Å². The van der Waals surface area contributed by atoms with Crippen LogP contribution in [0.1, 0.15) is 31.4 Å². The summed E-state index contributed by atoms with van der Waals surface area (Å²) in [5, 5.41) is 0. The number of benzene rings is 1. The summed E-state index contributed by atoms with van der Waals surface area (Å²) in [6, 6.07) is 6.48. The van der Waals surface area contributed by atoms with Gasteiger partial charge in [-0.05, 0) is 37.5 Å². The molecule has 2 atom stereocenters. The van der Waals surface area contributed by atoms with Gasteiger partial charge in [0.2, 0.25) is 0 Å². The van der Waals surface area contributed by atoms with E-state index in [2.05, 4.69) is 23.2 Å². The second-order valence-corrected chi connectivity index (χ2v) is 4.76. The van der Waals surface area contributed by atoms with Crippen LogP contribution < -0.4 is 11.5 Å². The molecule has 1 aromatic carbocycles. The Morgan fingerprint density at radius 1 is 1.29 bits per heavy atom. The second kappa shape index (κ2) is 4.85. The highest BCUT2D eigenvalue weighted by molar-refractivity contribution is 5.76. The molecule has 4 nitrogen and oxygen atoms in total. The summed E-state index contributed by atoms with van der Waals surface area (Å²) < 4.78 is 2.01. The van der Waals surface area contributed by atoms with Gasteiger partial charge in [-0.3, -0.25) is 0 Å². The minimum absolute atomic E-state index is 0.0485. The highest BCUT2D eigenvalue weighted by Gasteiger charge is 2.09. The first-order valence-electron chi connectivity index (χ1n) is 6.00. The van der Waals surface area contributed by atoms with Gasteiger partial charge in [-0.2, -0.15) is 0 Å². The largest absolute Gasteiger partial charge is 0.334 e. The molecule has 1 aromatic heterocycles. The molecule has 2 rings (SSSR count). The molecule has 4 heteroatoms. The lowest BCUT2D eigenvalue weighted by Gasteiger charge is -2.13. The molecule has 1 heterocycles. The van der Waals surface area contributed by atoms with Crippen molar-refractivity contribution < 1.29 is 0 Å². The van der Waals surface area contributed by atoms with Crippen molar-refractivity contribution in [3.63, 3.8) is 0 Å². The van der Waals surface area contributed by atoms with E-state index in [9.17, 15) is 0 Å². The fourth-order valence-electron chi connectivity index (χ4n) is 1.99. The van der Waals surface area contributed by atoms with E-state index in [0.29, 0.717) is 0 Å². The predicted octanol–water partition coefficient (Wildman–Crippen LogP) is 1.70. The van der Waals surface area contributed by atoms with E-state index < -0.39 is 0 Å². The topological polar surface area (TPSA) is 69.9 Å². The van der Waals surface area contributed by atoms with E-state index in [4.69, 9.17) is 11.5 Å². The molecule has 0 saturated carbocycles. The van der Waals surface area contributed by atoms with E-state index >= 15 is 0 Å². The van der Waals surface area contributed by atoms with E-state index in [0.717, 1.165) is 29.4 Å². The van der Waals surface area contributed by atoms with Gasteiger partial charge >= 0.3 is 0 Å². The van der Waals surface area contributed by atoms with Gasteiger partial charge in [-0.1, -0.05) is 6.07 Å². The molecule has 0 bridgehead atoms. The normalized spacial score (nSPS) is 15.1. The number of nitrogens with two attached hydrogens (primary N) is 2. The van der Waals surface area contributed by atoms with Crippen LogP contribution >= 0.6 is 0 Å². The van der Waals surface area contributed by atoms with Crippen LogP contribution in [0, 0.1) is 0 Å². The van der Waals surface area contributed by atoms with Crippen molar-refractivity contribution in [2.24, 2.45) is 18.5 Å². The Kier molecular flexibility index (Phi) is 3.45. The summed E-state index contributed by atoms with van der Waals surface area (Å²) in [5.41, 5.74) is 15.2. The molecule has 0 saturated heterocycles. The van der Waals surface area contributed by atoms with Gasteiger partial charge in [-0.25, -0.2) is 4.98 Å². The van der Waals surface area contributed by atoms with Crippen LogP contribution in [0.3, 0.4) is 0 Å². The Bertz CT molecular complexity index is 501. The smallest absolute Gasteiger partial charge is 0.0955 e. The van der Waals surface area contributed by atoms with E-state index in [1.54, 1.807) is 0 Å². The van der Waals surface area contributed by atoms with Crippen LogP contribution in [0.25, 0.3) is 11.0 Å². The maximum absolute atomic E-state index is 6.15. The summed E-state index contributed by atoms with van der Waals surface area (Å²) in [6.07, 6.45) is 3.68. The molecule has 17 heavy (non-hydrogen) atoms.